The van der Waals surface area contributed by atoms with E-state index in [0.717, 1.165) is 16.6 Å². The van der Waals surface area contributed by atoms with Crippen LogP contribution in [0.5, 0.6) is 5.75 Å². The Morgan fingerprint density at radius 3 is 2.90 bits per heavy atom. The SMILES string of the molecule is C=CCOC(=O)Cc1c(C)[nH]c2cc(F)c(OC)cc12. The largest absolute Gasteiger partial charge is 0.494 e. The van der Waals surface area contributed by atoms with Gasteiger partial charge in [-0.25, -0.2) is 4.39 Å². The number of aryl methyl sites for hydroxylation is 1. The lowest BCUT2D eigenvalue weighted by molar-refractivity contribution is -0.141. The summed E-state index contributed by atoms with van der Waals surface area (Å²) in [5.74, 6) is -0.642. The highest BCUT2D eigenvalue weighted by atomic mass is 19.1. The minimum atomic E-state index is -0.443. The fourth-order valence-corrected chi connectivity index (χ4v) is 2.12. The molecule has 4 nitrogen and oxygen atoms in total. The number of methoxy groups -OCH3 is 1. The lowest BCUT2D eigenvalue weighted by atomic mass is 10.1. The molecule has 0 bridgehead atoms. The number of carbonyl (C=O) groups excluding carboxylic acids is 1. The first-order valence-corrected chi connectivity index (χ1v) is 6.18. The molecule has 5 heteroatoms. The number of hydrogen-bond donors (Lipinski definition) is 1. The van der Waals surface area contributed by atoms with E-state index >= 15 is 0 Å². The normalized spacial score (nSPS) is 10.6. The zero-order valence-electron chi connectivity index (χ0n) is 11.5. The van der Waals surface area contributed by atoms with Crippen LogP contribution in [0.2, 0.25) is 0 Å². The van der Waals surface area contributed by atoms with Crippen molar-refractivity contribution in [3.8, 4) is 5.75 Å². The Hall–Kier alpha value is -2.30. The van der Waals surface area contributed by atoms with Gasteiger partial charge >= 0.3 is 5.97 Å². The van der Waals surface area contributed by atoms with Crippen molar-refractivity contribution >= 4 is 16.9 Å². The van der Waals surface area contributed by atoms with Gasteiger partial charge in [0.2, 0.25) is 0 Å². The van der Waals surface area contributed by atoms with Crippen LogP contribution >= 0.6 is 0 Å². The van der Waals surface area contributed by atoms with Crippen LogP contribution in [0.1, 0.15) is 11.3 Å². The molecule has 2 rings (SSSR count). The van der Waals surface area contributed by atoms with Gasteiger partial charge in [0.15, 0.2) is 11.6 Å². The molecule has 1 heterocycles. The van der Waals surface area contributed by atoms with Crippen molar-refractivity contribution in [3.63, 3.8) is 0 Å². The first kappa shape index (κ1) is 14.1. The van der Waals surface area contributed by atoms with Gasteiger partial charge in [-0.15, -0.1) is 0 Å². The molecular weight excluding hydrogens is 261 g/mol. The Bertz CT molecular complexity index is 661. The molecule has 1 aromatic carbocycles. The highest BCUT2D eigenvalue weighted by Crippen LogP contribution is 2.29. The molecular formula is C15H16FNO3. The molecule has 0 aliphatic rings. The topological polar surface area (TPSA) is 51.3 Å². The highest BCUT2D eigenvalue weighted by molar-refractivity contribution is 5.89. The third kappa shape index (κ3) is 2.66. The Labute approximate surface area is 116 Å². The second-order valence-corrected chi connectivity index (χ2v) is 4.41. The number of rotatable bonds is 5. The molecule has 20 heavy (non-hydrogen) atoms. The van der Waals surface area contributed by atoms with Gasteiger partial charge in [-0.3, -0.25) is 4.79 Å². The third-order valence-electron chi connectivity index (χ3n) is 3.08. The van der Waals surface area contributed by atoms with Crippen LogP contribution in [0, 0.1) is 12.7 Å². The second-order valence-electron chi connectivity index (χ2n) is 4.41. The number of aromatic nitrogens is 1. The number of carbonyl (C=O) groups is 1. The molecule has 2 aromatic rings. The van der Waals surface area contributed by atoms with Gasteiger partial charge in [-0.2, -0.15) is 0 Å². The number of hydrogen-bond acceptors (Lipinski definition) is 3. The van der Waals surface area contributed by atoms with Crippen molar-refractivity contribution in [2.24, 2.45) is 0 Å². The number of esters is 1. The van der Waals surface area contributed by atoms with Crippen molar-refractivity contribution in [2.45, 2.75) is 13.3 Å². The molecule has 0 saturated heterocycles. The zero-order valence-corrected chi connectivity index (χ0v) is 11.5. The molecule has 0 atom stereocenters. The van der Waals surface area contributed by atoms with E-state index in [-0.39, 0.29) is 24.7 Å². The number of aromatic amines is 1. The Morgan fingerprint density at radius 2 is 2.25 bits per heavy atom. The third-order valence-corrected chi connectivity index (χ3v) is 3.08. The van der Waals surface area contributed by atoms with Crippen molar-refractivity contribution in [3.05, 3.63) is 41.9 Å². The average molecular weight is 277 g/mol. The number of benzene rings is 1. The zero-order chi connectivity index (χ0) is 14.7. The smallest absolute Gasteiger partial charge is 0.310 e. The molecule has 1 aromatic heterocycles. The summed E-state index contributed by atoms with van der Waals surface area (Å²) in [5.41, 5.74) is 2.22. The van der Waals surface area contributed by atoms with Gasteiger partial charge in [0.05, 0.1) is 13.5 Å². The van der Waals surface area contributed by atoms with Gasteiger partial charge < -0.3 is 14.5 Å². The fraction of sp³-hybridized carbons (Fsp3) is 0.267. The standard InChI is InChI=1S/C15H16FNO3/c1-4-5-20-15(18)7-10-9(2)17-13-8-12(16)14(19-3)6-11(10)13/h4,6,8,17H,1,5,7H2,2-3H3. The maximum absolute atomic E-state index is 13.6. The lowest BCUT2D eigenvalue weighted by Gasteiger charge is -2.04. The van der Waals surface area contributed by atoms with Crippen LogP contribution in [-0.4, -0.2) is 24.7 Å². The highest BCUT2D eigenvalue weighted by Gasteiger charge is 2.16. The maximum Gasteiger partial charge on any atom is 0.310 e. The molecule has 0 aliphatic heterocycles. The summed E-state index contributed by atoms with van der Waals surface area (Å²) in [6.45, 7) is 5.50. The van der Waals surface area contributed by atoms with E-state index in [1.165, 1.54) is 19.3 Å². The molecule has 106 valence electrons. The van der Waals surface area contributed by atoms with Gasteiger partial charge in [0.1, 0.15) is 6.61 Å². The minimum absolute atomic E-state index is 0.120. The van der Waals surface area contributed by atoms with Crippen LogP contribution in [0.25, 0.3) is 10.9 Å². The first-order valence-electron chi connectivity index (χ1n) is 6.18. The molecule has 0 spiro atoms. The molecule has 0 aliphatic carbocycles. The molecule has 0 saturated carbocycles. The van der Waals surface area contributed by atoms with Gasteiger partial charge in [0.25, 0.3) is 0 Å². The summed E-state index contributed by atoms with van der Waals surface area (Å²) in [6.07, 6.45) is 1.63. The van der Waals surface area contributed by atoms with Crippen LogP contribution in [0.3, 0.4) is 0 Å². The molecule has 0 radical (unpaired) electrons. The van der Waals surface area contributed by atoms with Crippen LogP contribution < -0.4 is 4.74 Å². The van der Waals surface area contributed by atoms with Crippen molar-refractivity contribution in [2.75, 3.05) is 13.7 Å². The predicted octanol–water partition coefficient (Wildman–Crippen LogP) is 2.90. The Kier molecular flexibility index (Phi) is 4.08. The minimum Gasteiger partial charge on any atom is -0.494 e. The summed E-state index contributed by atoms with van der Waals surface area (Å²) < 4.78 is 23.6. The van der Waals surface area contributed by atoms with Crippen LogP contribution in [-0.2, 0) is 16.0 Å². The summed E-state index contributed by atoms with van der Waals surface area (Å²) in [5, 5.41) is 0.760. The van der Waals surface area contributed by atoms with Crippen molar-refractivity contribution in [1.82, 2.24) is 4.98 Å². The molecule has 0 amide bonds. The lowest BCUT2D eigenvalue weighted by Crippen LogP contribution is -2.08. The van der Waals surface area contributed by atoms with Crippen LogP contribution in [0.4, 0.5) is 4.39 Å². The molecule has 1 N–H and O–H groups in total. The average Bonchev–Trinajstić information content (AvgIpc) is 2.71. The number of halogens is 1. The maximum atomic E-state index is 13.6. The molecule has 0 unspecified atom stereocenters. The van der Waals surface area contributed by atoms with Crippen molar-refractivity contribution < 1.29 is 18.7 Å². The van der Waals surface area contributed by atoms with Crippen LogP contribution in [0.15, 0.2) is 24.8 Å². The number of nitrogens with one attached hydrogen (secondary N) is 1. The van der Waals surface area contributed by atoms with Gasteiger partial charge in [-0.05, 0) is 18.6 Å². The summed E-state index contributed by atoms with van der Waals surface area (Å²) in [6, 6.07) is 2.95. The second kappa shape index (κ2) is 5.77. The number of ether oxygens (including phenoxy) is 2. The van der Waals surface area contributed by atoms with E-state index in [1.807, 2.05) is 6.92 Å². The van der Waals surface area contributed by atoms with E-state index < -0.39 is 5.82 Å². The summed E-state index contributed by atoms with van der Waals surface area (Å²) >= 11 is 0. The summed E-state index contributed by atoms with van der Waals surface area (Å²) in [4.78, 5) is 14.8. The first-order chi connectivity index (χ1) is 9.56. The molecule has 0 fully saturated rings. The van der Waals surface area contributed by atoms with E-state index in [0.29, 0.717) is 5.52 Å². The number of H-pyrrole nitrogens is 1. The Balaban J connectivity index is 2.39. The van der Waals surface area contributed by atoms with E-state index in [4.69, 9.17) is 9.47 Å². The van der Waals surface area contributed by atoms with Gasteiger partial charge in [-0.1, -0.05) is 12.7 Å². The monoisotopic (exact) mass is 277 g/mol. The van der Waals surface area contributed by atoms with Gasteiger partial charge in [0, 0.05) is 22.7 Å². The number of fused-ring (bicyclic) bond motifs is 1. The quantitative estimate of drug-likeness (QED) is 0.675. The summed E-state index contributed by atoms with van der Waals surface area (Å²) in [7, 11) is 1.40. The fourth-order valence-electron chi connectivity index (χ4n) is 2.12. The Morgan fingerprint density at radius 1 is 1.50 bits per heavy atom. The van der Waals surface area contributed by atoms with E-state index in [2.05, 4.69) is 11.6 Å². The predicted molar refractivity (Wildman–Crippen MR) is 74.4 cm³/mol. The van der Waals surface area contributed by atoms with E-state index in [9.17, 15) is 9.18 Å². The van der Waals surface area contributed by atoms with E-state index in [1.54, 1.807) is 6.07 Å². The van der Waals surface area contributed by atoms with Crippen molar-refractivity contribution in [1.29, 1.82) is 0 Å².